The van der Waals surface area contributed by atoms with E-state index < -0.39 is 5.76 Å². The molecule has 1 aromatic heterocycles. The van der Waals surface area contributed by atoms with Gasteiger partial charge in [0.05, 0.1) is 16.9 Å². The Kier molecular flexibility index (Phi) is 2.71. The van der Waals surface area contributed by atoms with Crippen molar-refractivity contribution >= 4 is 28.2 Å². The van der Waals surface area contributed by atoms with Gasteiger partial charge in [0, 0.05) is 11.8 Å². The normalized spacial score (nSPS) is 10.9. The molecule has 0 atom stereocenters. The molecular weight excluding hydrogens is 261 g/mol. The van der Waals surface area contributed by atoms with Crippen molar-refractivity contribution < 1.29 is 8.81 Å². The molecule has 0 radical (unpaired) electrons. The molecule has 0 fully saturated rings. The first-order valence-electron chi connectivity index (χ1n) is 5.98. The van der Waals surface area contributed by atoms with Crippen LogP contribution >= 0.6 is 0 Å². The Labute approximate surface area is 113 Å². The van der Waals surface area contributed by atoms with Crippen LogP contribution < -0.4 is 16.8 Å². The van der Waals surface area contributed by atoms with E-state index in [0.717, 1.165) is 0 Å². The Bertz CT molecular complexity index is 851. The molecule has 0 aliphatic heterocycles. The fourth-order valence-corrected chi connectivity index (χ4v) is 2.00. The average Bonchev–Trinajstić information content (AvgIpc) is 2.73. The summed E-state index contributed by atoms with van der Waals surface area (Å²) in [6.45, 7) is 1.68. The van der Waals surface area contributed by atoms with Crippen LogP contribution in [0, 0.1) is 12.7 Å². The lowest BCUT2D eigenvalue weighted by Gasteiger charge is -2.10. The maximum absolute atomic E-state index is 13.2. The van der Waals surface area contributed by atoms with Crippen LogP contribution in [0.4, 0.5) is 21.5 Å². The van der Waals surface area contributed by atoms with E-state index in [-0.39, 0.29) is 5.82 Å². The number of nitrogens with one attached hydrogen (secondary N) is 2. The lowest BCUT2D eigenvalue weighted by Crippen LogP contribution is -1.97. The highest BCUT2D eigenvalue weighted by Crippen LogP contribution is 2.28. The molecular formula is C14H12FN3O2. The third-order valence-electron chi connectivity index (χ3n) is 3.03. The third kappa shape index (κ3) is 2.11. The van der Waals surface area contributed by atoms with E-state index in [1.54, 1.807) is 31.2 Å². The van der Waals surface area contributed by atoms with E-state index in [1.165, 1.54) is 6.07 Å². The Morgan fingerprint density at radius 1 is 1.30 bits per heavy atom. The number of oxazole rings is 1. The summed E-state index contributed by atoms with van der Waals surface area (Å²) in [6, 6.07) is 7.91. The van der Waals surface area contributed by atoms with Crippen molar-refractivity contribution in [3.05, 3.63) is 52.3 Å². The van der Waals surface area contributed by atoms with Crippen LogP contribution in [-0.2, 0) is 0 Å². The van der Waals surface area contributed by atoms with Gasteiger partial charge in [0.2, 0.25) is 0 Å². The molecule has 2 aromatic carbocycles. The highest BCUT2D eigenvalue weighted by Gasteiger charge is 2.07. The third-order valence-corrected chi connectivity index (χ3v) is 3.03. The molecule has 0 spiro atoms. The molecule has 0 unspecified atom stereocenters. The van der Waals surface area contributed by atoms with Crippen LogP contribution in [0.5, 0.6) is 0 Å². The molecule has 20 heavy (non-hydrogen) atoms. The summed E-state index contributed by atoms with van der Waals surface area (Å²) in [5.41, 5.74) is 9.13. The van der Waals surface area contributed by atoms with Gasteiger partial charge in [-0.05, 0) is 36.8 Å². The van der Waals surface area contributed by atoms with Crippen LogP contribution in [0.3, 0.4) is 0 Å². The molecule has 4 N–H and O–H groups in total. The minimum Gasteiger partial charge on any atom is -0.408 e. The van der Waals surface area contributed by atoms with Crippen LogP contribution in [0.15, 0.2) is 39.5 Å². The van der Waals surface area contributed by atoms with Gasteiger partial charge in [-0.3, -0.25) is 4.98 Å². The number of aryl methyl sites for hydroxylation is 1. The zero-order chi connectivity index (χ0) is 14.3. The highest BCUT2D eigenvalue weighted by molar-refractivity contribution is 5.87. The quantitative estimate of drug-likeness (QED) is 0.627. The largest absolute Gasteiger partial charge is 0.417 e. The molecule has 0 amide bonds. The Morgan fingerprint density at radius 2 is 2.10 bits per heavy atom. The maximum Gasteiger partial charge on any atom is 0.417 e. The van der Waals surface area contributed by atoms with E-state index in [1.807, 2.05) is 0 Å². The second-order valence-electron chi connectivity index (χ2n) is 4.54. The number of aromatic nitrogens is 1. The summed E-state index contributed by atoms with van der Waals surface area (Å²) in [4.78, 5) is 13.7. The van der Waals surface area contributed by atoms with Crippen molar-refractivity contribution in [3.63, 3.8) is 0 Å². The number of nitrogens with two attached hydrogens (primary N) is 1. The smallest absolute Gasteiger partial charge is 0.408 e. The SMILES string of the molecule is Cc1cc(Nc2cc3[nH]c(=O)oc3cc2N)ccc1F. The number of fused-ring (bicyclic) bond motifs is 1. The predicted octanol–water partition coefficient (Wildman–Crippen LogP) is 2.89. The van der Waals surface area contributed by atoms with E-state index in [9.17, 15) is 9.18 Å². The molecule has 0 saturated heterocycles. The molecule has 0 bridgehead atoms. The summed E-state index contributed by atoms with van der Waals surface area (Å²) in [7, 11) is 0. The standard InChI is InChI=1S/C14H12FN3O2/c1-7-4-8(2-3-9(7)15)17-11-6-12-13(5-10(11)16)20-14(19)18-12/h2-6,17H,16H2,1H3,(H,18,19). The van der Waals surface area contributed by atoms with Crippen molar-refractivity contribution in [2.45, 2.75) is 6.92 Å². The van der Waals surface area contributed by atoms with Gasteiger partial charge in [0.25, 0.3) is 0 Å². The molecule has 0 saturated carbocycles. The number of aromatic amines is 1. The summed E-state index contributed by atoms with van der Waals surface area (Å²) in [5.74, 6) is -0.799. The molecule has 3 rings (SSSR count). The molecule has 3 aromatic rings. The van der Waals surface area contributed by atoms with Crippen molar-refractivity contribution in [3.8, 4) is 0 Å². The molecule has 102 valence electrons. The number of rotatable bonds is 2. The van der Waals surface area contributed by atoms with Gasteiger partial charge in [0.1, 0.15) is 5.82 Å². The maximum atomic E-state index is 13.2. The zero-order valence-electron chi connectivity index (χ0n) is 10.7. The number of nitrogen functional groups attached to an aromatic ring is 1. The molecule has 0 aliphatic rings. The lowest BCUT2D eigenvalue weighted by molar-refractivity contribution is 0.555. The van der Waals surface area contributed by atoms with E-state index in [0.29, 0.717) is 33.7 Å². The fraction of sp³-hybridized carbons (Fsp3) is 0.0714. The van der Waals surface area contributed by atoms with Crippen LogP contribution in [-0.4, -0.2) is 4.98 Å². The second kappa shape index (κ2) is 4.41. The molecule has 0 aliphatic carbocycles. The number of halogens is 1. The fourth-order valence-electron chi connectivity index (χ4n) is 2.00. The number of benzene rings is 2. The second-order valence-corrected chi connectivity index (χ2v) is 4.54. The minimum atomic E-state index is -0.533. The first-order valence-corrected chi connectivity index (χ1v) is 5.98. The van der Waals surface area contributed by atoms with Gasteiger partial charge in [-0.15, -0.1) is 0 Å². The first kappa shape index (κ1) is 12.3. The molecule has 1 heterocycles. The average molecular weight is 273 g/mol. The van der Waals surface area contributed by atoms with Gasteiger partial charge in [-0.1, -0.05) is 0 Å². The van der Waals surface area contributed by atoms with Crippen molar-refractivity contribution in [2.75, 3.05) is 11.1 Å². The summed E-state index contributed by atoms with van der Waals surface area (Å²) >= 11 is 0. The molecule has 6 heteroatoms. The van der Waals surface area contributed by atoms with Gasteiger partial charge in [-0.2, -0.15) is 0 Å². The van der Waals surface area contributed by atoms with Gasteiger partial charge in [0.15, 0.2) is 5.58 Å². The number of hydrogen-bond acceptors (Lipinski definition) is 4. The minimum absolute atomic E-state index is 0.266. The van der Waals surface area contributed by atoms with Crippen LogP contribution in [0.2, 0.25) is 0 Å². The van der Waals surface area contributed by atoms with E-state index >= 15 is 0 Å². The van der Waals surface area contributed by atoms with Gasteiger partial charge in [-0.25, -0.2) is 9.18 Å². The van der Waals surface area contributed by atoms with Crippen molar-refractivity contribution in [1.82, 2.24) is 4.98 Å². The monoisotopic (exact) mass is 273 g/mol. The number of anilines is 3. The van der Waals surface area contributed by atoms with Gasteiger partial charge < -0.3 is 15.5 Å². The highest BCUT2D eigenvalue weighted by atomic mass is 19.1. The first-order chi connectivity index (χ1) is 9.52. The number of H-pyrrole nitrogens is 1. The summed E-state index contributed by atoms with van der Waals surface area (Å²) < 4.78 is 18.1. The zero-order valence-corrected chi connectivity index (χ0v) is 10.7. The van der Waals surface area contributed by atoms with E-state index in [4.69, 9.17) is 10.2 Å². The van der Waals surface area contributed by atoms with Crippen LogP contribution in [0.25, 0.3) is 11.1 Å². The van der Waals surface area contributed by atoms with Gasteiger partial charge >= 0.3 is 5.76 Å². The topological polar surface area (TPSA) is 84.0 Å². The van der Waals surface area contributed by atoms with Crippen molar-refractivity contribution in [1.29, 1.82) is 0 Å². The Morgan fingerprint density at radius 3 is 2.85 bits per heavy atom. The molecule has 5 nitrogen and oxygen atoms in total. The summed E-state index contributed by atoms with van der Waals surface area (Å²) in [6.07, 6.45) is 0. The Balaban J connectivity index is 2.02. The Hall–Kier alpha value is -2.76. The lowest BCUT2D eigenvalue weighted by atomic mass is 10.2. The predicted molar refractivity (Wildman–Crippen MR) is 75.7 cm³/mol. The van der Waals surface area contributed by atoms with Crippen LogP contribution in [0.1, 0.15) is 5.56 Å². The van der Waals surface area contributed by atoms with Crippen molar-refractivity contribution in [2.24, 2.45) is 0 Å². The number of hydrogen-bond donors (Lipinski definition) is 3. The van der Waals surface area contributed by atoms with E-state index in [2.05, 4.69) is 10.3 Å². The summed E-state index contributed by atoms with van der Waals surface area (Å²) in [5, 5.41) is 3.09.